The summed E-state index contributed by atoms with van der Waals surface area (Å²) in [5, 5.41) is 3.70. The Balaban J connectivity index is 1.67. The smallest absolute Gasteiger partial charge is 0.254 e. The molecule has 0 bridgehead atoms. The molecule has 1 saturated heterocycles. The van der Waals surface area contributed by atoms with E-state index in [2.05, 4.69) is 33.0 Å². The van der Waals surface area contributed by atoms with Gasteiger partial charge in [-0.2, -0.15) is 0 Å². The van der Waals surface area contributed by atoms with Crippen molar-refractivity contribution in [1.82, 2.24) is 9.88 Å². The zero-order valence-electron chi connectivity index (χ0n) is 17.2. The second-order valence-corrected chi connectivity index (χ2v) is 9.17. The fourth-order valence-corrected chi connectivity index (χ4v) is 4.64. The minimum atomic E-state index is -0.0326. The van der Waals surface area contributed by atoms with Gasteiger partial charge in [0.15, 0.2) is 0 Å². The van der Waals surface area contributed by atoms with E-state index >= 15 is 0 Å². The second-order valence-electron chi connectivity index (χ2n) is 9.17. The lowest BCUT2D eigenvalue weighted by Crippen LogP contribution is -2.58. The van der Waals surface area contributed by atoms with Crippen LogP contribution < -0.4 is 15.6 Å². The first-order chi connectivity index (χ1) is 12.7. The summed E-state index contributed by atoms with van der Waals surface area (Å²) in [6, 6.07) is 13.6. The topological polar surface area (TPSA) is 43.3 Å². The van der Waals surface area contributed by atoms with Gasteiger partial charge in [-0.1, -0.05) is 30.3 Å². The van der Waals surface area contributed by atoms with Gasteiger partial charge in [0.05, 0.1) is 12.6 Å². The normalized spacial score (nSPS) is 20.2. The average Bonchev–Trinajstić information content (AvgIpc) is 2.57. The number of nitrogens with zero attached hydrogens (tertiary/aromatic N) is 1. The van der Waals surface area contributed by atoms with E-state index in [9.17, 15) is 4.79 Å². The number of hydrogen-bond donors (Lipinski definition) is 1. The van der Waals surface area contributed by atoms with Gasteiger partial charge in [-0.3, -0.25) is 4.79 Å². The van der Waals surface area contributed by atoms with Gasteiger partial charge >= 0.3 is 0 Å². The molecule has 2 heterocycles. The fraction of sp³-hybridized carbons (Fsp3) is 0.522. The van der Waals surface area contributed by atoms with Gasteiger partial charge in [0.1, 0.15) is 5.75 Å². The van der Waals surface area contributed by atoms with Crippen LogP contribution in [0.2, 0.25) is 0 Å². The standard InChI is InChI=1S/C23H32N2O2/c1-17(19-9-7-6-8-10-19)25-12-11-20(13-21(25)26)27-16-18-14-22(2,3)24-23(4,5)15-18/h6-13,17-18,24H,14-16H2,1-5H3. The number of rotatable bonds is 5. The predicted octanol–water partition coefficient (Wildman–Crippen LogP) is 4.39. The van der Waals surface area contributed by atoms with Crippen LogP contribution in [-0.4, -0.2) is 22.3 Å². The highest BCUT2D eigenvalue weighted by molar-refractivity contribution is 5.23. The van der Waals surface area contributed by atoms with E-state index in [1.165, 1.54) is 0 Å². The van der Waals surface area contributed by atoms with Gasteiger partial charge in [0.2, 0.25) is 0 Å². The van der Waals surface area contributed by atoms with Crippen LogP contribution in [0.5, 0.6) is 5.75 Å². The maximum absolute atomic E-state index is 12.6. The van der Waals surface area contributed by atoms with Crippen molar-refractivity contribution in [3.63, 3.8) is 0 Å². The van der Waals surface area contributed by atoms with Crippen LogP contribution in [0, 0.1) is 5.92 Å². The van der Waals surface area contributed by atoms with E-state index in [1.807, 2.05) is 49.5 Å². The Hall–Kier alpha value is -2.07. The minimum absolute atomic E-state index is 0.00114. The van der Waals surface area contributed by atoms with Gasteiger partial charge in [0.25, 0.3) is 5.56 Å². The first-order valence-corrected chi connectivity index (χ1v) is 9.84. The number of hydrogen-bond acceptors (Lipinski definition) is 3. The minimum Gasteiger partial charge on any atom is -0.493 e. The van der Waals surface area contributed by atoms with E-state index in [0.717, 1.165) is 18.4 Å². The van der Waals surface area contributed by atoms with Crippen molar-refractivity contribution in [3.05, 3.63) is 64.6 Å². The van der Waals surface area contributed by atoms with E-state index in [1.54, 1.807) is 10.6 Å². The molecule has 1 aromatic heterocycles. The Morgan fingerprint density at radius 2 is 1.74 bits per heavy atom. The van der Waals surface area contributed by atoms with E-state index in [-0.39, 0.29) is 22.7 Å². The molecule has 3 rings (SSSR count). The lowest BCUT2D eigenvalue weighted by molar-refractivity contribution is 0.0934. The predicted molar refractivity (Wildman–Crippen MR) is 110 cm³/mol. The molecule has 4 nitrogen and oxygen atoms in total. The molecule has 1 atom stereocenters. The molecule has 146 valence electrons. The molecular formula is C23H32N2O2. The molecule has 1 aliphatic rings. The molecular weight excluding hydrogens is 336 g/mol. The van der Waals surface area contributed by atoms with Crippen LogP contribution in [0.15, 0.2) is 53.5 Å². The van der Waals surface area contributed by atoms with Gasteiger partial charge in [-0.25, -0.2) is 0 Å². The molecule has 1 fully saturated rings. The Morgan fingerprint density at radius 3 is 2.33 bits per heavy atom. The van der Waals surface area contributed by atoms with Gasteiger partial charge in [-0.05, 0) is 65.0 Å². The van der Waals surface area contributed by atoms with Crippen LogP contribution >= 0.6 is 0 Å². The lowest BCUT2D eigenvalue weighted by atomic mass is 9.76. The summed E-state index contributed by atoms with van der Waals surface area (Å²) in [5.41, 5.74) is 1.29. The van der Waals surface area contributed by atoms with E-state index in [4.69, 9.17) is 4.74 Å². The summed E-state index contributed by atoms with van der Waals surface area (Å²) in [7, 11) is 0. The van der Waals surface area contributed by atoms with E-state index < -0.39 is 0 Å². The van der Waals surface area contributed by atoms with Crippen molar-refractivity contribution in [1.29, 1.82) is 0 Å². The zero-order valence-corrected chi connectivity index (χ0v) is 17.2. The van der Waals surface area contributed by atoms with Crippen LogP contribution in [0.25, 0.3) is 0 Å². The van der Waals surface area contributed by atoms with Crippen molar-refractivity contribution in [2.45, 2.75) is 64.6 Å². The van der Waals surface area contributed by atoms with Crippen molar-refractivity contribution >= 4 is 0 Å². The van der Waals surface area contributed by atoms with Gasteiger partial charge in [0, 0.05) is 23.3 Å². The quantitative estimate of drug-likeness (QED) is 0.851. The molecule has 0 radical (unpaired) electrons. The van der Waals surface area contributed by atoms with Crippen molar-refractivity contribution in [2.24, 2.45) is 5.92 Å². The second kappa shape index (κ2) is 7.51. The van der Waals surface area contributed by atoms with Crippen molar-refractivity contribution < 1.29 is 4.74 Å². The number of aromatic nitrogens is 1. The summed E-state index contributed by atoms with van der Waals surface area (Å²) in [4.78, 5) is 12.6. The Bertz CT molecular complexity index is 808. The largest absolute Gasteiger partial charge is 0.493 e. The summed E-state index contributed by atoms with van der Waals surface area (Å²) < 4.78 is 7.76. The molecule has 0 saturated carbocycles. The maximum atomic E-state index is 12.6. The molecule has 27 heavy (non-hydrogen) atoms. The summed E-state index contributed by atoms with van der Waals surface area (Å²) in [5.74, 6) is 1.13. The average molecular weight is 369 g/mol. The third kappa shape index (κ3) is 5.01. The lowest BCUT2D eigenvalue weighted by Gasteiger charge is -2.46. The SMILES string of the molecule is CC(c1ccccc1)n1ccc(OCC2CC(C)(C)NC(C)(C)C2)cc1=O. The molecule has 0 aliphatic carbocycles. The number of benzene rings is 1. The van der Waals surface area contributed by atoms with Crippen LogP contribution in [0.3, 0.4) is 0 Å². The highest BCUT2D eigenvalue weighted by atomic mass is 16.5. The first kappa shape index (κ1) is 19.7. The third-order valence-electron chi connectivity index (χ3n) is 5.38. The van der Waals surface area contributed by atoms with Gasteiger partial charge in [-0.15, -0.1) is 0 Å². The summed E-state index contributed by atoms with van der Waals surface area (Å²) in [6.45, 7) is 11.7. The fourth-order valence-electron chi connectivity index (χ4n) is 4.64. The summed E-state index contributed by atoms with van der Waals surface area (Å²) in [6.07, 6.45) is 3.97. The highest BCUT2D eigenvalue weighted by Gasteiger charge is 2.37. The number of ether oxygens (including phenoxy) is 1. The first-order valence-electron chi connectivity index (χ1n) is 9.84. The number of piperidine rings is 1. The van der Waals surface area contributed by atoms with Crippen molar-refractivity contribution in [3.8, 4) is 5.75 Å². The molecule has 4 heteroatoms. The van der Waals surface area contributed by atoms with E-state index in [0.29, 0.717) is 18.3 Å². The zero-order chi connectivity index (χ0) is 19.7. The number of pyridine rings is 1. The third-order valence-corrected chi connectivity index (χ3v) is 5.38. The number of nitrogens with one attached hydrogen (secondary N) is 1. The summed E-state index contributed by atoms with van der Waals surface area (Å²) >= 11 is 0. The molecule has 2 aromatic rings. The Labute approximate surface area is 162 Å². The Morgan fingerprint density at radius 1 is 1.11 bits per heavy atom. The Kier molecular flexibility index (Phi) is 5.48. The maximum Gasteiger partial charge on any atom is 0.254 e. The molecule has 1 aliphatic heterocycles. The molecule has 0 amide bonds. The highest BCUT2D eigenvalue weighted by Crippen LogP contribution is 2.33. The van der Waals surface area contributed by atoms with Crippen molar-refractivity contribution in [2.75, 3.05) is 6.61 Å². The van der Waals surface area contributed by atoms with Gasteiger partial charge < -0.3 is 14.6 Å². The molecule has 1 N–H and O–H groups in total. The molecule has 1 unspecified atom stereocenters. The monoisotopic (exact) mass is 368 g/mol. The molecule has 0 spiro atoms. The van der Waals surface area contributed by atoms with Crippen LogP contribution in [0.4, 0.5) is 0 Å². The van der Waals surface area contributed by atoms with Crippen LogP contribution in [0.1, 0.15) is 59.1 Å². The van der Waals surface area contributed by atoms with Crippen LogP contribution in [-0.2, 0) is 0 Å². The molecule has 1 aromatic carbocycles.